The number of pyridine rings is 2. The van der Waals surface area contributed by atoms with Crippen LogP contribution in [0.5, 0.6) is 0 Å². The van der Waals surface area contributed by atoms with Gasteiger partial charge in [-0.2, -0.15) is 10.4 Å². The van der Waals surface area contributed by atoms with E-state index in [9.17, 15) is 5.26 Å². The summed E-state index contributed by atoms with van der Waals surface area (Å²) >= 11 is 0. The van der Waals surface area contributed by atoms with E-state index in [1.165, 1.54) is 0 Å². The molecule has 31 heavy (non-hydrogen) atoms. The van der Waals surface area contributed by atoms with Crippen LogP contribution in [0, 0.1) is 18.3 Å². The molecular formula is C23H24N8. The Bertz CT molecular complexity index is 1210. The Kier molecular flexibility index (Phi) is 5.58. The second-order valence-electron chi connectivity index (χ2n) is 7.08. The highest BCUT2D eigenvalue weighted by atomic mass is 15.4. The summed E-state index contributed by atoms with van der Waals surface area (Å²) in [5.74, 6) is 1.47. The van der Waals surface area contributed by atoms with E-state index in [4.69, 9.17) is 15.0 Å². The first kappa shape index (κ1) is 20.4. The zero-order valence-corrected chi connectivity index (χ0v) is 18.2. The number of aryl methyl sites for hydroxylation is 2. The van der Waals surface area contributed by atoms with Crippen LogP contribution in [0.3, 0.4) is 0 Å². The average Bonchev–Trinajstić information content (AvgIpc) is 3.32. The lowest BCUT2D eigenvalue weighted by Gasteiger charge is -2.20. The standard InChI is InChI=1S/C23H24N8/c1-5-16-22(18-10-8-9-13-25-18)31-23(28-16)21(19(14-24)29-31)27-17-11-12-20(26-15(17)4)30(6-2)7-3/h8-13H,5-7H2,1-4H3. The SMILES string of the molecule is CCc1nc2n(c1-c1ccccn1)N=C(C#N)C2=Nc1ccc(N(CC)CC)nc1C. The molecule has 0 N–H and O–H groups in total. The van der Waals surface area contributed by atoms with Gasteiger partial charge in [0.05, 0.1) is 22.8 Å². The molecule has 156 valence electrons. The minimum Gasteiger partial charge on any atom is -0.357 e. The van der Waals surface area contributed by atoms with Gasteiger partial charge in [0.2, 0.25) is 0 Å². The summed E-state index contributed by atoms with van der Waals surface area (Å²) in [5, 5.41) is 14.2. The van der Waals surface area contributed by atoms with Gasteiger partial charge in [-0.3, -0.25) is 4.98 Å². The van der Waals surface area contributed by atoms with Gasteiger partial charge in [-0.1, -0.05) is 13.0 Å². The predicted molar refractivity (Wildman–Crippen MR) is 122 cm³/mol. The maximum absolute atomic E-state index is 9.70. The molecule has 3 aromatic rings. The summed E-state index contributed by atoms with van der Waals surface area (Å²) in [6.45, 7) is 9.94. The molecule has 0 bridgehead atoms. The van der Waals surface area contributed by atoms with Crippen molar-refractivity contribution in [3.05, 3.63) is 53.7 Å². The summed E-state index contributed by atoms with van der Waals surface area (Å²) in [6.07, 6.45) is 2.45. The largest absolute Gasteiger partial charge is 0.357 e. The number of aliphatic imine (C=N–C) groups is 1. The zero-order chi connectivity index (χ0) is 22.0. The Morgan fingerprint density at radius 2 is 1.90 bits per heavy atom. The molecule has 4 heterocycles. The third kappa shape index (κ3) is 3.59. The third-order valence-electron chi connectivity index (χ3n) is 5.27. The average molecular weight is 413 g/mol. The molecule has 8 heteroatoms. The van der Waals surface area contributed by atoms with Crippen molar-refractivity contribution in [3.63, 3.8) is 0 Å². The highest BCUT2D eigenvalue weighted by molar-refractivity contribution is 6.54. The number of rotatable bonds is 6. The van der Waals surface area contributed by atoms with Gasteiger partial charge < -0.3 is 4.90 Å². The summed E-state index contributed by atoms with van der Waals surface area (Å²) in [6, 6.07) is 11.8. The van der Waals surface area contributed by atoms with Crippen LogP contribution in [-0.2, 0) is 6.42 Å². The Balaban J connectivity index is 1.82. The summed E-state index contributed by atoms with van der Waals surface area (Å²) in [5.41, 5.74) is 4.61. The molecule has 0 atom stereocenters. The smallest absolute Gasteiger partial charge is 0.190 e. The van der Waals surface area contributed by atoms with Crippen molar-refractivity contribution >= 4 is 22.9 Å². The van der Waals surface area contributed by atoms with E-state index >= 15 is 0 Å². The van der Waals surface area contributed by atoms with Crippen LogP contribution in [0.15, 0.2) is 46.6 Å². The quantitative estimate of drug-likeness (QED) is 0.611. The molecule has 0 radical (unpaired) electrons. The summed E-state index contributed by atoms with van der Waals surface area (Å²) in [7, 11) is 0. The van der Waals surface area contributed by atoms with Gasteiger partial charge in [-0.15, -0.1) is 0 Å². The molecule has 0 saturated heterocycles. The number of nitrogens with zero attached hydrogens (tertiary/aromatic N) is 8. The Morgan fingerprint density at radius 3 is 2.52 bits per heavy atom. The van der Waals surface area contributed by atoms with Crippen molar-refractivity contribution in [2.45, 2.75) is 34.1 Å². The van der Waals surface area contributed by atoms with E-state index in [1.807, 2.05) is 44.2 Å². The second kappa shape index (κ2) is 8.48. The minimum absolute atomic E-state index is 0.231. The van der Waals surface area contributed by atoms with Crippen LogP contribution in [0.4, 0.5) is 11.5 Å². The van der Waals surface area contributed by atoms with E-state index in [-0.39, 0.29) is 5.71 Å². The van der Waals surface area contributed by atoms with Crippen molar-refractivity contribution in [2.75, 3.05) is 18.0 Å². The van der Waals surface area contributed by atoms with Gasteiger partial charge in [0, 0.05) is 19.3 Å². The lowest BCUT2D eigenvalue weighted by Crippen LogP contribution is -2.23. The van der Waals surface area contributed by atoms with Gasteiger partial charge in [-0.05, 0) is 51.5 Å². The van der Waals surface area contributed by atoms with Crippen molar-refractivity contribution < 1.29 is 0 Å². The summed E-state index contributed by atoms with van der Waals surface area (Å²) < 4.78 is 1.69. The molecule has 0 unspecified atom stereocenters. The highest BCUT2D eigenvalue weighted by Gasteiger charge is 2.30. The molecule has 1 aliphatic heterocycles. The molecule has 0 aliphatic carbocycles. The maximum Gasteiger partial charge on any atom is 0.190 e. The fraction of sp³-hybridized carbons (Fsp3) is 0.304. The lowest BCUT2D eigenvalue weighted by atomic mass is 10.2. The fourth-order valence-corrected chi connectivity index (χ4v) is 3.65. The first-order valence-electron chi connectivity index (χ1n) is 10.4. The molecule has 4 rings (SSSR count). The van der Waals surface area contributed by atoms with Crippen LogP contribution < -0.4 is 4.90 Å². The predicted octanol–water partition coefficient (Wildman–Crippen LogP) is 3.92. The fourth-order valence-electron chi connectivity index (χ4n) is 3.65. The van der Waals surface area contributed by atoms with Crippen molar-refractivity contribution in [2.24, 2.45) is 10.1 Å². The Hall–Kier alpha value is -3.86. The highest BCUT2D eigenvalue weighted by Crippen LogP contribution is 2.29. The number of nitriles is 1. The third-order valence-corrected chi connectivity index (χ3v) is 5.27. The molecular weight excluding hydrogens is 388 g/mol. The topological polar surface area (TPSA) is 95.3 Å². The number of hydrogen-bond acceptors (Lipinski definition) is 7. The van der Waals surface area contributed by atoms with Gasteiger partial charge in [0.25, 0.3) is 0 Å². The van der Waals surface area contributed by atoms with Gasteiger partial charge in [-0.25, -0.2) is 19.6 Å². The Labute approximate surface area is 181 Å². The summed E-state index contributed by atoms with van der Waals surface area (Å²) in [4.78, 5) is 20.9. The van der Waals surface area contributed by atoms with Gasteiger partial charge >= 0.3 is 0 Å². The molecule has 3 aromatic heterocycles. The molecule has 0 fully saturated rings. The van der Waals surface area contributed by atoms with E-state index in [0.29, 0.717) is 17.2 Å². The van der Waals surface area contributed by atoms with Crippen molar-refractivity contribution in [1.82, 2.24) is 19.6 Å². The van der Waals surface area contributed by atoms with Crippen LogP contribution in [0.25, 0.3) is 11.4 Å². The second-order valence-corrected chi connectivity index (χ2v) is 7.08. The van der Waals surface area contributed by atoms with Gasteiger partial charge in [0.15, 0.2) is 11.5 Å². The van der Waals surface area contributed by atoms with Crippen LogP contribution in [0.2, 0.25) is 0 Å². The number of anilines is 1. The van der Waals surface area contributed by atoms with E-state index in [0.717, 1.165) is 48.1 Å². The van der Waals surface area contributed by atoms with Crippen LogP contribution >= 0.6 is 0 Å². The van der Waals surface area contributed by atoms with Crippen molar-refractivity contribution in [1.29, 1.82) is 5.26 Å². The lowest BCUT2D eigenvalue weighted by molar-refractivity contribution is 0.842. The van der Waals surface area contributed by atoms with E-state index in [1.54, 1.807) is 10.9 Å². The normalized spacial score (nSPS) is 13.8. The number of hydrogen-bond donors (Lipinski definition) is 0. The van der Waals surface area contributed by atoms with Crippen molar-refractivity contribution in [3.8, 4) is 17.5 Å². The molecule has 8 nitrogen and oxygen atoms in total. The minimum atomic E-state index is 0.231. The van der Waals surface area contributed by atoms with Crippen LogP contribution in [0.1, 0.15) is 38.0 Å². The van der Waals surface area contributed by atoms with E-state index < -0.39 is 0 Å². The molecule has 1 aliphatic rings. The molecule has 0 saturated carbocycles. The number of imidazole rings is 1. The number of aromatic nitrogens is 4. The van der Waals surface area contributed by atoms with Crippen LogP contribution in [-0.4, -0.2) is 44.1 Å². The molecule has 0 spiro atoms. The van der Waals surface area contributed by atoms with Gasteiger partial charge in [0.1, 0.15) is 23.3 Å². The first-order valence-corrected chi connectivity index (χ1v) is 10.4. The maximum atomic E-state index is 9.70. The molecule has 0 aromatic carbocycles. The molecule has 0 amide bonds. The van der Waals surface area contributed by atoms with E-state index in [2.05, 4.69) is 34.9 Å². The monoisotopic (exact) mass is 412 g/mol. The Morgan fingerprint density at radius 1 is 1.10 bits per heavy atom. The zero-order valence-electron chi connectivity index (χ0n) is 18.2. The number of fused-ring (bicyclic) bond motifs is 1. The first-order chi connectivity index (χ1) is 15.1.